The number of rotatable bonds is 4. The Kier molecular flexibility index (Phi) is 4.00. The van der Waals surface area contributed by atoms with Gasteiger partial charge in [-0.2, -0.15) is 0 Å². The molecule has 3 aromatic rings. The van der Waals surface area contributed by atoms with E-state index >= 15 is 0 Å². The van der Waals surface area contributed by atoms with Crippen LogP contribution in [0.1, 0.15) is 17.3 Å². The predicted molar refractivity (Wildman–Crippen MR) is 91.2 cm³/mol. The number of sulfone groups is 1. The Hall–Kier alpha value is -2.87. The van der Waals surface area contributed by atoms with E-state index in [4.69, 9.17) is 14.3 Å². The van der Waals surface area contributed by atoms with E-state index in [2.05, 4.69) is 0 Å². The second kappa shape index (κ2) is 5.89. The van der Waals surface area contributed by atoms with Crippen molar-refractivity contribution >= 4 is 37.7 Å². The third-order valence-corrected chi connectivity index (χ3v) is 4.78. The van der Waals surface area contributed by atoms with E-state index in [-0.39, 0.29) is 44.8 Å². The van der Waals surface area contributed by atoms with Gasteiger partial charge in [-0.1, -0.05) is 0 Å². The third kappa shape index (κ3) is 2.96. The number of hydrogen-bond acceptors (Lipinski definition) is 6. The minimum atomic E-state index is -3.58. The van der Waals surface area contributed by atoms with Crippen LogP contribution in [0.15, 0.2) is 44.4 Å². The fraction of sp³-hybridized carbons (Fsp3) is 0.176. The molecule has 0 saturated heterocycles. The van der Waals surface area contributed by atoms with Crippen LogP contribution in [-0.2, 0) is 9.84 Å². The van der Waals surface area contributed by atoms with Crippen LogP contribution in [0.4, 0.5) is 0 Å². The zero-order valence-electron chi connectivity index (χ0n) is 13.4. The van der Waals surface area contributed by atoms with Crippen LogP contribution in [0, 0.1) is 0 Å². The number of carboxylic acids is 1. The third-order valence-electron chi connectivity index (χ3n) is 3.68. The molecule has 3 rings (SSSR count). The molecule has 0 atom stereocenters. The molecule has 0 aliphatic rings. The lowest BCUT2D eigenvalue weighted by molar-refractivity contribution is 0.0697. The van der Waals surface area contributed by atoms with Gasteiger partial charge in [0.05, 0.1) is 27.8 Å². The Morgan fingerprint density at radius 1 is 1.20 bits per heavy atom. The Morgan fingerprint density at radius 2 is 1.92 bits per heavy atom. The summed E-state index contributed by atoms with van der Waals surface area (Å²) in [4.78, 5) is 23.8. The largest absolute Gasteiger partial charge is 0.490 e. The van der Waals surface area contributed by atoms with Crippen molar-refractivity contribution in [2.24, 2.45) is 0 Å². The van der Waals surface area contributed by atoms with Crippen molar-refractivity contribution in [3.63, 3.8) is 0 Å². The van der Waals surface area contributed by atoms with Gasteiger partial charge in [0, 0.05) is 12.3 Å². The van der Waals surface area contributed by atoms with Crippen LogP contribution in [0.25, 0.3) is 21.9 Å². The molecule has 8 heteroatoms. The summed E-state index contributed by atoms with van der Waals surface area (Å²) in [5.41, 5.74) is -0.278. The van der Waals surface area contributed by atoms with Crippen molar-refractivity contribution in [3.05, 3.63) is 46.1 Å². The van der Waals surface area contributed by atoms with Crippen LogP contribution in [0.3, 0.4) is 0 Å². The summed E-state index contributed by atoms with van der Waals surface area (Å²) < 4.78 is 34.9. The van der Waals surface area contributed by atoms with Crippen molar-refractivity contribution in [1.82, 2.24) is 0 Å². The Morgan fingerprint density at radius 3 is 2.52 bits per heavy atom. The first-order valence-electron chi connectivity index (χ1n) is 7.33. The highest BCUT2D eigenvalue weighted by Gasteiger charge is 2.18. The molecule has 0 aliphatic heterocycles. The van der Waals surface area contributed by atoms with Gasteiger partial charge in [-0.25, -0.2) is 13.2 Å². The molecule has 25 heavy (non-hydrogen) atoms. The van der Waals surface area contributed by atoms with E-state index in [9.17, 15) is 18.0 Å². The second-order valence-electron chi connectivity index (χ2n) is 5.45. The summed E-state index contributed by atoms with van der Waals surface area (Å²) in [6.07, 6.45) is 1.02. The maximum absolute atomic E-state index is 12.8. The fourth-order valence-corrected chi connectivity index (χ4v) is 3.17. The average molecular weight is 362 g/mol. The monoisotopic (exact) mass is 362 g/mol. The summed E-state index contributed by atoms with van der Waals surface area (Å²) in [5.74, 6) is -1.04. The molecule has 130 valence electrons. The lowest BCUT2D eigenvalue weighted by atomic mass is 10.1. The number of carbonyl (C=O) groups is 1. The fourth-order valence-electron chi connectivity index (χ4n) is 2.51. The summed E-state index contributed by atoms with van der Waals surface area (Å²) in [7, 11) is -3.58. The van der Waals surface area contributed by atoms with Crippen LogP contribution in [-0.4, -0.2) is 32.4 Å². The molecule has 0 radical (unpaired) electrons. The summed E-state index contributed by atoms with van der Waals surface area (Å²) in [5, 5.41) is 9.15. The van der Waals surface area contributed by atoms with Gasteiger partial charge in [0.15, 0.2) is 21.2 Å². The van der Waals surface area contributed by atoms with Crippen LogP contribution in [0.2, 0.25) is 0 Å². The van der Waals surface area contributed by atoms with Crippen LogP contribution in [0.5, 0.6) is 5.75 Å². The number of benzene rings is 2. The van der Waals surface area contributed by atoms with E-state index in [1.54, 1.807) is 6.92 Å². The number of ether oxygens (including phenoxy) is 1. The normalized spacial score (nSPS) is 11.8. The summed E-state index contributed by atoms with van der Waals surface area (Å²) >= 11 is 0. The van der Waals surface area contributed by atoms with Crippen molar-refractivity contribution in [1.29, 1.82) is 0 Å². The smallest absolute Gasteiger partial charge is 0.335 e. The minimum absolute atomic E-state index is 0.0152. The van der Waals surface area contributed by atoms with Crippen molar-refractivity contribution < 1.29 is 27.5 Å². The molecule has 1 heterocycles. The van der Waals surface area contributed by atoms with Gasteiger partial charge in [-0.05, 0) is 31.2 Å². The number of aromatic carboxylic acids is 1. The van der Waals surface area contributed by atoms with E-state index in [0.29, 0.717) is 0 Å². The summed E-state index contributed by atoms with van der Waals surface area (Å²) in [6, 6.07) is 6.44. The van der Waals surface area contributed by atoms with Gasteiger partial charge >= 0.3 is 5.97 Å². The lowest BCUT2D eigenvalue weighted by Crippen LogP contribution is -2.08. The standard InChI is InChI=1S/C17H14O7S/c1-3-23-14-8-10(25(2,21)22)7-12-15(18)11-6-9(17(19)20)4-5-13(11)24-16(12)14/h4-8H,3H2,1-2H3,(H,19,20). The molecule has 2 aromatic carbocycles. The highest BCUT2D eigenvalue weighted by Crippen LogP contribution is 2.31. The van der Waals surface area contributed by atoms with Gasteiger partial charge in [-0.15, -0.1) is 0 Å². The zero-order valence-corrected chi connectivity index (χ0v) is 14.2. The molecule has 7 nitrogen and oxygen atoms in total. The topological polar surface area (TPSA) is 111 Å². The predicted octanol–water partition coefficient (Wildman–Crippen LogP) is 2.45. The molecule has 0 aliphatic carbocycles. The lowest BCUT2D eigenvalue weighted by Gasteiger charge is -2.10. The number of carboxylic acid groups (broad SMARTS) is 1. The first-order valence-corrected chi connectivity index (χ1v) is 9.22. The average Bonchev–Trinajstić information content (AvgIpc) is 2.54. The quantitative estimate of drug-likeness (QED) is 0.710. The number of hydrogen-bond donors (Lipinski definition) is 1. The SMILES string of the molecule is CCOc1cc(S(C)(=O)=O)cc2c(=O)c3cc(C(=O)O)ccc3oc12. The first-order chi connectivity index (χ1) is 11.7. The van der Waals surface area contributed by atoms with Gasteiger partial charge in [0.2, 0.25) is 5.43 Å². The zero-order chi connectivity index (χ0) is 18.4. The summed E-state index contributed by atoms with van der Waals surface area (Å²) in [6.45, 7) is 1.97. The molecule has 0 fully saturated rings. The molecular weight excluding hydrogens is 348 g/mol. The van der Waals surface area contributed by atoms with Crippen LogP contribution < -0.4 is 10.2 Å². The van der Waals surface area contributed by atoms with Gasteiger partial charge in [0.1, 0.15) is 5.58 Å². The van der Waals surface area contributed by atoms with E-state index in [1.165, 1.54) is 30.3 Å². The highest BCUT2D eigenvalue weighted by atomic mass is 32.2. The molecular formula is C17H14O7S. The van der Waals surface area contributed by atoms with Gasteiger partial charge < -0.3 is 14.3 Å². The molecule has 0 spiro atoms. The minimum Gasteiger partial charge on any atom is -0.490 e. The molecule has 0 amide bonds. The maximum atomic E-state index is 12.8. The first kappa shape index (κ1) is 17.0. The van der Waals surface area contributed by atoms with Gasteiger partial charge in [-0.3, -0.25) is 4.79 Å². The highest BCUT2D eigenvalue weighted by molar-refractivity contribution is 7.90. The Bertz CT molecular complexity index is 1170. The van der Waals surface area contributed by atoms with Gasteiger partial charge in [0.25, 0.3) is 0 Å². The molecule has 0 bridgehead atoms. The molecule has 0 unspecified atom stereocenters. The van der Waals surface area contributed by atoms with Crippen molar-refractivity contribution in [2.45, 2.75) is 11.8 Å². The van der Waals surface area contributed by atoms with E-state index in [1.807, 2.05) is 0 Å². The Balaban J connectivity index is 2.48. The molecule has 1 aromatic heterocycles. The molecule has 1 N–H and O–H groups in total. The second-order valence-corrected chi connectivity index (χ2v) is 7.47. The van der Waals surface area contributed by atoms with Crippen LogP contribution >= 0.6 is 0 Å². The van der Waals surface area contributed by atoms with Crippen molar-refractivity contribution in [3.8, 4) is 5.75 Å². The van der Waals surface area contributed by atoms with E-state index < -0.39 is 21.2 Å². The van der Waals surface area contributed by atoms with Crippen molar-refractivity contribution in [2.75, 3.05) is 12.9 Å². The maximum Gasteiger partial charge on any atom is 0.335 e. The van der Waals surface area contributed by atoms with E-state index in [0.717, 1.165) is 6.26 Å². The Labute approximate surface area is 142 Å². The molecule has 0 saturated carbocycles. The number of fused-ring (bicyclic) bond motifs is 2.